The second kappa shape index (κ2) is 7.23. The highest BCUT2D eigenvalue weighted by Crippen LogP contribution is 2.39. The van der Waals surface area contributed by atoms with Gasteiger partial charge in [-0.1, -0.05) is 67.6 Å². The van der Waals surface area contributed by atoms with Gasteiger partial charge < -0.3 is 9.84 Å². The molecule has 2 aromatic rings. The highest BCUT2D eigenvalue weighted by molar-refractivity contribution is 5.75. The Balaban J connectivity index is 2.57. The molecule has 0 heterocycles. The zero-order chi connectivity index (χ0) is 16.0. The number of benzene rings is 2. The van der Waals surface area contributed by atoms with Gasteiger partial charge in [0.15, 0.2) is 0 Å². The van der Waals surface area contributed by atoms with E-state index in [2.05, 4.69) is 0 Å². The lowest BCUT2D eigenvalue weighted by Crippen LogP contribution is -2.41. The molecular weight excluding hydrogens is 276 g/mol. The second-order valence-electron chi connectivity index (χ2n) is 5.21. The van der Waals surface area contributed by atoms with Crippen molar-refractivity contribution in [3.8, 4) is 0 Å². The third-order valence-corrected chi connectivity index (χ3v) is 3.91. The first-order valence-corrected chi connectivity index (χ1v) is 7.64. The zero-order valence-electron chi connectivity index (χ0n) is 13.0. The minimum Gasteiger partial charge on any atom is -0.466 e. The number of carbonyl (C=O) groups excluding carboxylic acids is 1. The summed E-state index contributed by atoms with van der Waals surface area (Å²) in [5, 5.41) is 11.5. The van der Waals surface area contributed by atoms with Crippen LogP contribution in [0.15, 0.2) is 60.7 Å². The Morgan fingerprint density at radius 2 is 1.45 bits per heavy atom. The van der Waals surface area contributed by atoms with E-state index < -0.39 is 11.5 Å². The molecule has 2 rings (SSSR count). The fraction of sp³-hybridized carbons (Fsp3) is 0.316. The minimum absolute atomic E-state index is 0.301. The zero-order valence-corrected chi connectivity index (χ0v) is 13.0. The van der Waals surface area contributed by atoms with Crippen LogP contribution < -0.4 is 0 Å². The molecule has 22 heavy (non-hydrogen) atoms. The molecule has 0 bridgehead atoms. The first-order valence-electron chi connectivity index (χ1n) is 7.64. The van der Waals surface area contributed by atoms with E-state index in [1.165, 1.54) is 0 Å². The van der Waals surface area contributed by atoms with Crippen LogP contribution in [0.4, 0.5) is 0 Å². The summed E-state index contributed by atoms with van der Waals surface area (Å²) in [5.74, 6) is -1.03. The molecule has 0 aliphatic carbocycles. The van der Waals surface area contributed by atoms with Crippen molar-refractivity contribution in [2.45, 2.75) is 25.9 Å². The van der Waals surface area contributed by atoms with Crippen LogP contribution in [0.2, 0.25) is 0 Å². The van der Waals surface area contributed by atoms with Crippen LogP contribution in [0.3, 0.4) is 0 Å². The standard InChI is InChI=1S/C19H22O3/c1-3-17(18(20)22-4-2)19(21,15-11-7-5-8-12-15)16-13-9-6-10-14-16/h5-14,17,21H,3-4H2,1-2H3. The van der Waals surface area contributed by atoms with E-state index in [4.69, 9.17) is 4.74 Å². The third-order valence-electron chi connectivity index (χ3n) is 3.91. The Kier molecular flexibility index (Phi) is 5.34. The molecule has 0 amide bonds. The summed E-state index contributed by atoms with van der Waals surface area (Å²) >= 11 is 0. The summed E-state index contributed by atoms with van der Waals surface area (Å²) < 4.78 is 5.19. The smallest absolute Gasteiger partial charge is 0.312 e. The average molecular weight is 298 g/mol. The van der Waals surface area contributed by atoms with Gasteiger partial charge in [0.1, 0.15) is 5.60 Å². The number of hydrogen-bond acceptors (Lipinski definition) is 3. The van der Waals surface area contributed by atoms with Gasteiger partial charge in [-0.15, -0.1) is 0 Å². The Morgan fingerprint density at radius 3 is 1.82 bits per heavy atom. The van der Waals surface area contributed by atoms with Gasteiger partial charge in [-0.25, -0.2) is 0 Å². The Labute approximate surface area is 131 Å². The summed E-state index contributed by atoms with van der Waals surface area (Å²) in [6.07, 6.45) is 0.485. The van der Waals surface area contributed by atoms with Crippen LogP contribution in [-0.4, -0.2) is 17.7 Å². The maximum absolute atomic E-state index is 12.4. The summed E-state index contributed by atoms with van der Waals surface area (Å²) in [4.78, 5) is 12.4. The first kappa shape index (κ1) is 16.2. The van der Waals surface area contributed by atoms with Crippen molar-refractivity contribution in [1.29, 1.82) is 0 Å². The predicted octanol–water partition coefficient (Wildman–Crippen LogP) is 3.51. The van der Waals surface area contributed by atoms with E-state index in [-0.39, 0.29) is 5.97 Å². The number of hydrogen-bond donors (Lipinski definition) is 1. The van der Waals surface area contributed by atoms with Crippen LogP contribution in [0, 0.1) is 5.92 Å². The summed E-state index contributed by atoms with van der Waals surface area (Å²) in [5.41, 5.74) is -0.00835. The molecule has 1 unspecified atom stereocenters. The van der Waals surface area contributed by atoms with Crippen molar-refractivity contribution in [3.05, 3.63) is 71.8 Å². The van der Waals surface area contributed by atoms with Crippen molar-refractivity contribution in [1.82, 2.24) is 0 Å². The Hall–Kier alpha value is -2.13. The van der Waals surface area contributed by atoms with Crippen molar-refractivity contribution >= 4 is 5.97 Å². The van der Waals surface area contributed by atoms with Gasteiger partial charge in [0.25, 0.3) is 0 Å². The molecule has 0 aromatic heterocycles. The number of aliphatic hydroxyl groups is 1. The quantitative estimate of drug-likeness (QED) is 0.830. The second-order valence-corrected chi connectivity index (χ2v) is 5.21. The van der Waals surface area contributed by atoms with E-state index in [9.17, 15) is 9.90 Å². The van der Waals surface area contributed by atoms with Gasteiger partial charge in [-0.3, -0.25) is 4.79 Å². The van der Waals surface area contributed by atoms with Gasteiger partial charge in [-0.2, -0.15) is 0 Å². The predicted molar refractivity (Wildman–Crippen MR) is 86.3 cm³/mol. The summed E-state index contributed by atoms with van der Waals surface area (Å²) in [6, 6.07) is 18.6. The van der Waals surface area contributed by atoms with Crippen molar-refractivity contribution in [2.75, 3.05) is 6.61 Å². The number of carbonyl (C=O) groups is 1. The lowest BCUT2D eigenvalue weighted by Gasteiger charge is -2.35. The van der Waals surface area contributed by atoms with Gasteiger partial charge in [0.2, 0.25) is 0 Å². The minimum atomic E-state index is -1.40. The van der Waals surface area contributed by atoms with Gasteiger partial charge >= 0.3 is 5.97 Å². The highest BCUT2D eigenvalue weighted by Gasteiger charge is 2.44. The highest BCUT2D eigenvalue weighted by atomic mass is 16.5. The fourth-order valence-electron chi connectivity index (χ4n) is 2.83. The fourth-order valence-corrected chi connectivity index (χ4v) is 2.83. The monoisotopic (exact) mass is 298 g/mol. The molecule has 0 aliphatic heterocycles. The van der Waals surface area contributed by atoms with Crippen LogP contribution in [0.25, 0.3) is 0 Å². The molecule has 2 aromatic carbocycles. The van der Waals surface area contributed by atoms with Crippen LogP contribution in [0.1, 0.15) is 31.4 Å². The number of rotatable bonds is 6. The van der Waals surface area contributed by atoms with E-state index >= 15 is 0 Å². The molecule has 0 spiro atoms. The number of esters is 1. The van der Waals surface area contributed by atoms with Crippen LogP contribution >= 0.6 is 0 Å². The Morgan fingerprint density at radius 1 is 1.00 bits per heavy atom. The molecule has 116 valence electrons. The first-order chi connectivity index (χ1) is 10.6. The molecule has 0 saturated heterocycles. The molecule has 1 N–H and O–H groups in total. The third kappa shape index (κ3) is 3.04. The van der Waals surface area contributed by atoms with E-state index in [1.807, 2.05) is 67.6 Å². The van der Waals surface area contributed by atoms with Crippen molar-refractivity contribution in [2.24, 2.45) is 5.92 Å². The molecule has 0 fully saturated rings. The van der Waals surface area contributed by atoms with Crippen LogP contribution in [0.5, 0.6) is 0 Å². The molecule has 1 atom stereocenters. The molecule has 0 aliphatic rings. The Bertz CT molecular complexity index is 553. The SMILES string of the molecule is CCOC(=O)C(CC)C(O)(c1ccccc1)c1ccccc1. The summed E-state index contributed by atoms with van der Waals surface area (Å²) in [7, 11) is 0. The van der Waals surface area contributed by atoms with E-state index in [0.717, 1.165) is 0 Å². The van der Waals surface area contributed by atoms with E-state index in [1.54, 1.807) is 6.92 Å². The topological polar surface area (TPSA) is 46.5 Å². The number of ether oxygens (including phenoxy) is 1. The van der Waals surface area contributed by atoms with Gasteiger partial charge in [-0.05, 0) is 24.5 Å². The van der Waals surface area contributed by atoms with Crippen molar-refractivity contribution in [3.63, 3.8) is 0 Å². The molecule has 3 nitrogen and oxygen atoms in total. The van der Waals surface area contributed by atoms with Gasteiger partial charge in [0, 0.05) is 0 Å². The molecular formula is C19H22O3. The molecule has 0 radical (unpaired) electrons. The lowest BCUT2D eigenvalue weighted by molar-refractivity contribution is -0.156. The maximum atomic E-state index is 12.4. The largest absolute Gasteiger partial charge is 0.466 e. The van der Waals surface area contributed by atoms with Crippen molar-refractivity contribution < 1.29 is 14.6 Å². The average Bonchev–Trinajstić information content (AvgIpc) is 2.57. The summed E-state index contributed by atoms with van der Waals surface area (Å²) in [6.45, 7) is 3.96. The normalized spacial score (nSPS) is 12.7. The molecule has 3 heteroatoms. The van der Waals surface area contributed by atoms with E-state index in [0.29, 0.717) is 24.2 Å². The lowest BCUT2D eigenvalue weighted by atomic mass is 9.75. The van der Waals surface area contributed by atoms with Gasteiger partial charge in [0.05, 0.1) is 12.5 Å². The van der Waals surface area contributed by atoms with Crippen LogP contribution in [-0.2, 0) is 15.1 Å². The molecule has 0 saturated carbocycles. The maximum Gasteiger partial charge on any atom is 0.312 e.